The number of benzene rings is 1. The SMILES string of the molecule is O=S(=O)(F)C(=C/C=C/c1ccccc1Br)S(=O)(=O)F. The molecule has 1 rings (SSSR count). The summed E-state index contributed by atoms with van der Waals surface area (Å²) in [5.41, 5.74) is 0.575. The molecule has 0 saturated heterocycles. The Kier molecular flexibility index (Phi) is 4.99. The number of rotatable bonds is 4. The number of allylic oxidation sites excluding steroid dienone is 2. The maximum absolute atomic E-state index is 12.6. The summed E-state index contributed by atoms with van der Waals surface area (Å²) in [5.74, 6) is 0. The zero-order chi connectivity index (χ0) is 14.7. The summed E-state index contributed by atoms with van der Waals surface area (Å²) in [4.78, 5) is 0. The lowest BCUT2D eigenvalue weighted by Crippen LogP contribution is -2.04. The minimum Gasteiger partial charge on any atom is -0.188 e. The van der Waals surface area contributed by atoms with Crippen LogP contribution >= 0.6 is 15.9 Å². The van der Waals surface area contributed by atoms with Crippen LogP contribution in [0.3, 0.4) is 0 Å². The Morgan fingerprint density at radius 3 is 2.05 bits per heavy atom. The average molecular weight is 373 g/mol. The molecule has 0 unspecified atom stereocenters. The van der Waals surface area contributed by atoms with E-state index in [1.165, 1.54) is 6.08 Å². The highest BCUT2D eigenvalue weighted by Crippen LogP contribution is 2.20. The van der Waals surface area contributed by atoms with E-state index in [1.807, 2.05) is 0 Å². The van der Waals surface area contributed by atoms with Gasteiger partial charge in [0.25, 0.3) is 0 Å². The molecule has 0 saturated carbocycles. The van der Waals surface area contributed by atoms with Gasteiger partial charge in [-0.05, 0) is 17.7 Å². The van der Waals surface area contributed by atoms with Crippen LogP contribution in [-0.2, 0) is 20.4 Å². The quantitative estimate of drug-likeness (QED) is 0.601. The molecule has 0 amide bonds. The van der Waals surface area contributed by atoms with Gasteiger partial charge in [0.1, 0.15) is 0 Å². The molecular formula is C10H7BrF2O4S2. The van der Waals surface area contributed by atoms with E-state index in [9.17, 15) is 24.6 Å². The van der Waals surface area contributed by atoms with Crippen LogP contribution in [-0.4, -0.2) is 16.8 Å². The van der Waals surface area contributed by atoms with Crippen molar-refractivity contribution in [3.63, 3.8) is 0 Å². The first-order valence-corrected chi connectivity index (χ1v) is 8.20. The fourth-order valence-corrected chi connectivity index (χ4v) is 2.97. The van der Waals surface area contributed by atoms with Gasteiger partial charge in [-0.25, -0.2) is 0 Å². The van der Waals surface area contributed by atoms with Crippen LogP contribution in [0.4, 0.5) is 7.77 Å². The van der Waals surface area contributed by atoms with Gasteiger partial charge in [-0.15, -0.1) is 0 Å². The van der Waals surface area contributed by atoms with Crippen molar-refractivity contribution in [3.8, 4) is 0 Å². The Bertz CT molecular complexity index is 703. The molecule has 4 nitrogen and oxygen atoms in total. The molecule has 0 fully saturated rings. The molecule has 0 heterocycles. The summed E-state index contributed by atoms with van der Waals surface area (Å²) in [5, 5.41) is 0. The second-order valence-electron chi connectivity index (χ2n) is 3.24. The fraction of sp³-hybridized carbons (Fsp3) is 0. The molecule has 19 heavy (non-hydrogen) atoms. The van der Waals surface area contributed by atoms with Crippen molar-refractivity contribution in [2.75, 3.05) is 0 Å². The minimum atomic E-state index is -5.65. The summed E-state index contributed by atoms with van der Waals surface area (Å²) in [6.45, 7) is 0. The average Bonchev–Trinajstić information content (AvgIpc) is 2.23. The van der Waals surface area contributed by atoms with Crippen molar-refractivity contribution in [2.45, 2.75) is 0 Å². The second kappa shape index (κ2) is 5.93. The molecule has 1 aromatic carbocycles. The van der Waals surface area contributed by atoms with Crippen LogP contribution in [0.25, 0.3) is 6.08 Å². The van der Waals surface area contributed by atoms with Gasteiger partial charge in [-0.2, -0.15) is 16.8 Å². The lowest BCUT2D eigenvalue weighted by atomic mass is 10.2. The van der Waals surface area contributed by atoms with Crippen LogP contribution in [0.1, 0.15) is 5.56 Å². The van der Waals surface area contributed by atoms with Gasteiger partial charge in [0.15, 0.2) is 0 Å². The number of hydrogen-bond acceptors (Lipinski definition) is 4. The van der Waals surface area contributed by atoms with Gasteiger partial charge in [-0.1, -0.05) is 54.1 Å². The van der Waals surface area contributed by atoms with Crippen LogP contribution in [0, 0.1) is 0 Å². The fourth-order valence-electron chi connectivity index (χ4n) is 1.12. The van der Waals surface area contributed by atoms with Crippen LogP contribution < -0.4 is 0 Å². The van der Waals surface area contributed by atoms with E-state index < -0.39 is 24.7 Å². The maximum Gasteiger partial charge on any atom is 0.345 e. The Morgan fingerprint density at radius 1 is 1.05 bits per heavy atom. The summed E-state index contributed by atoms with van der Waals surface area (Å²) < 4.78 is 65.9. The third kappa shape index (κ3) is 4.84. The third-order valence-electron chi connectivity index (χ3n) is 1.89. The second-order valence-corrected chi connectivity index (χ2v) is 6.99. The smallest absolute Gasteiger partial charge is 0.188 e. The van der Waals surface area contributed by atoms with Crippen molar-refractivity contribution >= 4 is 42.5 Å². The Balaban J connectivity index is 3.19. The maximum atomic E-state index is 12.6. The molecule has 0 aliphatic carbocycles. The van der Waals surface area contributed by atoms with E-state index in [-0.39, 0.29) is 0 Å². The zero-order valence-corrected chi connectivity index (χ0v) is 12.3. The monoisotopic (exact) mass is 372 g/mol. The van der Waals surface area contributed by atoms with E-state index >= 15 is 0 Å². The predicted octanol–water partition coefficient (Wildman–Crippen LogP) is 2.90. The van der Waals surface area contributed by atoms with E-state index in [0.29, 0.717) is 16.1 Å². The lowest BCUT2D eigenvalue weighted by molar-refractivity contribution is 0.550. The van der Waals surface area contributed by atoms with Gasteiger partial charge in [0.2, 0.25) is 4.24 Å². The number of hydrogen-bond donors (Lipinski definition) is 0. The third-order valence-corrected chi connectivity index (χ3v) is 5.04. The Morgan fingerprint density at radius 2 is 1.58 bits per heavy atom. The molecule has 0 spiro atoms. The Labute approximate surface area is 118 Å². The van der Waals surface area contributed by atoms with Gasteiger partial charge >= 0.3 is 20.4 Å². The topological polar surface area (TPSA) is 68.3 Å². The first-order chi connectivity index (χ1) is 8.62. The molecule has 0 bridgehead atoms. The molecule has 0 radical (unpaired) electrons. The highest BCUT2D eigenvalue weighted by molar-refractivity contribution is 9.10. The van der Waals surface area contributed by atoms with Crippen LogP contribution in [0.2, 0.25) is 0 Å². The van der Waals surface area contributed by atoms with Crippen molar-refractivity contribution in [1.29, 1.82) is 0 Å². The Hall–Kier alpha value is -1.06. The molecule has 104 valence electrons. The lowest BCUT2D eigenvalue weighted by Gasteiger charge is -1.96. The van der Waals surface area contributed by atoms with Crippen molar-refractivity contribution < 1.29 is 24.6 Å². The predicted molar refractivity (Wildman–Crippen MR) is 71.3 cm³/mol. The summed E-state index contributed by atoms with van der Waals surface area (Å²) in [7, 11) is -11.3. The van der Waals surface area contributed by atoms with Crippen molar-refractivity contribution in [2.24, 2.45) is 0 Å². The van der Waals surface area contributed by atoms with Gasteiger partial charge in [0, 0.05) is 4.47 Å². The van der Waals surface area contributed by atoms with E-state index in [0.717, 1.165) is 6.08 Å². The van der Waals surface area contributed by atoms with Crippen molar-refractivity contribution in [3.05, 3.63) is 50.7 Å². The summed E-state index contributed by atoms with van der Waals surface area (Å²) in [6.07, 6.45) is 2.55. The first-order valence-electron chi connectivity index (χ1n) is 4.64. The normalized spacial score (nSPS) is 12.6. The molecule has 0 atom stereocenters. The molecule has 0 aliphatic rings. The van der Waals surface area contributed by atoms with E-state index in [2.05, 4.69) is 15.9 Å². The highest BCUT2D eigenvalue weighted by atomic mass is 79.9. The van der Waals surface area contributed by atoms with Crippen LogP contribution in [0.5, 0.6) is 0 Å². The molecular weight excluding hydrogens is 366 g/mol. The first kappa shape index (κ1) is 16.0. The number of halogens is 3. The standard InChI is InChI=1S/C10H7BrF2O4S2/c11-9-6-2-1-4-8(9)5-3-7-10(18(12,14)15)19(13,16)17/h1-7H/b5-3+. The molecule has 0 N–H and O–H groups in total. The summed E-state index contributed by atoms with van der Waals surface area (Å²) in [6, 6.07) is 6.71. The van der Waals surface area contributed by atoms with Gasteiger partial charge in [-0.3, -0.25) is 0 Å². The summed E-state index contributed by atoms with van der Waals surface area (Å²) >= 11 is 3.19. The minimum absolute atomic E-state index is 0.337. The van der Waals surface area contributed by atoms with Crippen molar-refractivity contribution in [1.82, 2.24) is 0 Å². The molecule has 0 aromatic heterocycles. The van der Waals surface area contributed by atoms with Gasteiger partial charge < -0.3 is 0 Å². The zero-order valence-electron chi connectivity index (χ0n) is 9.12. The molecule has 1 aromatic rings. The van der Waals surface area contributed by atoms with E-state index in [4.69, 9.17) is 0 Å². The van der Waals surface area contributed by atoms with E-state index in [1.54, 1.807) is 24.3 Å². The highest BCUT2D eigenvalue weighted by Gasteiger charge is 2.29. The molecule has 0 aliphatic heterocycles. The van der Waals surface area contributed by atoms with Crippen LogP contribution in [0.15, 0.2) is 45.1 Å². The largest absolute Gasteiger partial charge is 0.345 e. The molecule has 9 heteroatoms. The van der Waals surface area contributed by atoms with Gasteiger partial charge in [0.05, 0.1) is 0 Å².